The van der Waals surface area contributed by atoms with Crippen LogP contribution in [0, 0.1) is 0 Å². The third-order valence-electron chi connectivity index (χ3n) is 1.26. The van der Waals surface area contributed by atoms with E-state index < -0.39 is 6.29 Å². The van der Waals surface area contributed by atoms with Gasteiger partial charge >= 0.3 is 0 Å². The van der Waals surface area contributed by atoms with Crippen molar-refractivity contribution >= 4 is 0 Å². The topological polar surface area (TPSA) is 29.5 Å². The van der Waals surface area contributed by atoms with E-state index in [2.05, 4.69) is 6.58 Å². The van der Waals surface area contributed by atoms with E-state index in [0.29, 0.717) is 0 Å². The molecule has 2 atom stereocenters. The van der Waals surface area contributed by atoms with Gasteiger partial charge in [0.05, 0.1) is 6.10 Å². The number of rotatable bonds is 0. The van der Waals surface area contributed by atoms with Gasteiger partial charge in [0.15, 0.2) is 6.29 Å². The number of aliphatic hydroxyl groups is 1. The molecule has 0 bridgehead atoms. The van der Waals surface area contributed by atoms with Gasteiger partial charge in [-0.1, -0.05) is 6.58 Å². The van der Waals surface area contributed by atoms with Crippen molar-refractivity contribution in [2.24, 2.45) is 0 Å². The van der Waals surface area contributed by atoms with Crippen LogP contribution in [-0.4, -0.2) is 17.5 Å². The molecule has 0 aliphatic carbocycles. The Morgan fingerprint density at radius 2 is 2.50 bits per heavy atom. The fourth-order valence-electron chi connectivity index (χ4n) is 0.834. The van der Waals surface area contributed by atoms with Crippen LogP contribution in [-0.2, 0) is 4.74 Å². The third-order valence-corrected chi connectivity index (χ3v) is 1.26. The summed E-state index contributed by atoms with van der Waals surface area (Å²) in [5, 5.41) is 8.85. The van der Waals surface area contributed by atoms with Crippen LogP contribution in [0.4, 0.5) is 0 Å². The van der Waals surface area contributed by atoms with E-state index in [0.717, 1.165) is 12.0 Å². The van der Waals surface area contributed by atoms with Gasteiger partial charge in [-0.05, 0) is 18.9 Å². The SMILES string of the molecule is C=C1CC(C)OC1O. The lowest BCUT2D eigenvalue weighted by Crippen LogP contribution is -2.06. The van der Waals surface area contributed by atoms with Crippen molar-refractivity contribution in [1.29, 1.82) is 0 Å². The van der Waals surface area contributed by atoms with Crippen molar-refractivity contribution in [3.63, 3.8) is 0 Å². The maximum atomic E-state index is 8.85. The summed E-state index contributed by atoms with van der Waals surface area (Å²) in [5.41, 5.74) is 0.789. The molecule has 1 aliphatic rings. The first-order chi connectivity index (χ1) is 3.70. The molecule has 2 nitrogen and oxygen atoms in total. The van der Waals surface area contributed by atoms with E-state index in [-0.39, 0.29) is 6.10 Å². The van der Waals surface area contributed by atoms with Crippen LogP contribution in [0.15, 0.2) is 12.2 Å². The van der Waals surface area contributed by atoms with Gasteiger partial charge in [0, 0.05) is 0 Å². The minimum atomic E-state index is -0.704. The van der Waals surface area contributed by atoms with E-state index in [4.69, 9.17) is 9.84 Å². The quantitative estimate of drug-likeness (QED) is 0.469. The van der Waals surface area contributed by atoms with Crippen molar-refractivity contribution in [3.8, 4) is 0 Å². The third kappa shape index (κ3) is 0.904. The number of hydrogen-bond donors (Lipinski definition) is 1. The average Bonchev–Trinajstić information content (AvgIpc) is 1.85. The van der Waals surface area contributed by atoms with E-state index in [9.17, 15) is 0 Å². The monoisotopic (exact) mass is 114 g/mol. The van der Waals surface area contributed by atoms with E-state index in [1.54, 1.807) is 0 Å². The first-order valence-corrected chi connectivity index (χ1v) is 2.71. The molecule has 1 aliphatic heterocycles. The van der Waals surface area contributed by atoms with Crippen LogP contribution in [0.25, 0.3) is 0 Å². The van der Waals surface area contributed by atoms with E-state index in [1.807, 2.05) is 6.92 Å². The highest BCUT2D eigenvalue weighted by molar-refractivity contribution is 5.03. The van der Waals surface area contributed by atoms with Gasteiger partial charge < -0.3 is 9.84 Å². The highest BCUT2D eigenvalue weighted by Gasteiger charge is 2.22. The lowest BCUT2D eigenvalue weighted by molar-refractivity contribution is -0.0695. The molecule has 0 aromatic heterocycles. The second kappa shape index (κ2) is 1.88. The molecule has 8 heavy (non-hydrogen) atoms. The predicted octanol–water partition coefficient (Wildman–Crippen LogP) is 0.670. The van der Waals surface area contributed by atoms with E-state index in [1.165, 1.54) is 0 Å². The number of aliphatic hydroxyl groups excluding tert-OH is 1. The Bertz CT molecular complexity index is 109. The molecule has 0 spiro atoms. The summed E-state index contributed by atoms with van der Waals surface area (Å²) in [7, 11) is 0. The molecule has 2 heteroatoms. The van der Waals surface area contributed by atoms with Gasteiger partial charge in [0.25, 0.3) is 0 Å². The van der Waals surface area contributed by atoms with Crippen LogP contribution in [0.3, 0.4) is 0 Å². The molecule has 1 saturated heterocycles. The van der Waals surface area contributed by atoms with Crippen molar-refractivity contribution in [1.82, 2.24) is 0 Å². The number of hydrogen-bond acceptors (Lipinski definition) is 2. The van der Waals surface area contributed by atoms with Gasteiger partial charge in [-0.3, -0.25) is 0 Å². The molecule has 0 aromatic carbocycles. The molecule has 1 rings (SSSR count). The van der Waals surface area contributed by atoms with Crippen LogP contribution >= 0.6 is 0 Å². The van der Waals surface area contributed by atoms with Gasteiger partial charge in [-0.2, -0.15) is 0 Å². The van der Waals surface area contributed by atoms with Crippen LogP contribution in [0.2, 0.25) is 0 Å². The highest BCUT2D eigenvalue weighted by Crippen LogP contribution is 2.21. The maximum absolute atomic E-state index is 8.85. The molecular weight excluding hydrogens is 104 g/mol. The second-order valence-corrected chi connectivity index (χ2v) is 2.16. The summed E-state index contributed by atoms with van der Waals surface area (Å²) in [6, 6.07) is 0. The Morgan fingerprint density at radius 3 is 2.62 bits per heavy atom. The van der Waals surface area contributed by atoms with Gasteiger partial charge in [-0.15, -0.1) is 0 Å². The summed E-state index contributed by atoms with van der Waals surface area (Å²) in [5.74, 6) is 0. The largest absolute Gasteiger partial charge is 0.364 e. The molecule has 1 fully saturated rings. The zero-order valence-corrected chi connectivity index (χ0v) is 4.92. The standard InChI is InChI=1S/C6H10O2/c1-4-3-5(2)8-6(4)7/h5-7H,1,3H2,2H3. The molecule has 46 valence electrons. The molecule has 1 heterocycles. The summed E-state index contributed by atoms with van der Waals surface area (Å²) >= 11 is 0. The molecule has 0 radical (unpaired) electrons. The summed E-state index contributed by atoms with van der Waals surface area (Å²) in [6.45, 7) is 5.53. The molecule has 1 N–H and O–H groups in total. The van der Waals surface area contributed by atoms with E-state index >= 15 is 0 Å². The minimum Gasteiger partial charge on any atom is -0.364 e. The molecule has 2 unspecified atom stereocenters. The van der Waals surface area contributed by atoms with Crippen LogP contribution in [0.5, 0.6) is 0 Å². The van der Waals surface area contributed by atoms with Gasteiger partial charge in [0.1, 0.15) is 0 Å². The summed E-state index contributed by atoms with van der Waals surface area (Å²) in [4.78, 5) is 0. The smallest absolute Gasteiger partial charge is 0.177 e. The second-order valence-electron chi connectivity index (χ2n) is 2.16. The maximum Gasteiger partial charge on any atom is 0.177 e. The summed E-state index contributed by atoms with van der Waals surface area (Å²) < 4.78 is 4.93. The predicted molar refractivity (Wildman–Crippen MR) is 30.3 cm³/mol. The molecule has 0 saturated carbocycles. The Hall–Kier alpha value is -0.340. The van der Waals surface area contributed by atoms with Crippen molar-refractivity contribution < 1.29 is 9.84 Å². The molecule has 0 amide bonds. The van der Waals surface area contributed by atoms with Gasteiger partial charge in [-0.25, -0.2) is 0 Å². The fourth-order valence-corrected chi connectivity index (χ4v) is 0.834. The molecular formula is C6H10O2. The zero-order valence-electron chi connectivity index (χ0n) is 4.92. The normalized spacial score (nSPS) is 38.5. The Balaban J connectivity index is 2.51. The number of ether oxygens (including phenoxy) is 1. The molecule has 0 aromatic rings. The fraction of sp³-hybridized carbons (Fsp3) is 0.667. The Labute approximate surface area is 48.8 Å². The summed E-state index contributed by atoms with van der Waals surface area (Å²) in [6.07, 6.45) is 0.240. The highest BCUT2D eigenvalue weighted by atomic mass is 16.6. The minimum absolute atomic E-state index is 0.150. The van der Waals surface area contributed by atoms with Crippen LogP contribution < -0.4 is 0 Å². The Morgan fingerprint density at radius 1 is 1.88 bits per heavy atom. The van der Waals surface area contributed by atoms with Crippen molar-refractivity contribution in [3.05, 3.63) is 12.2 Å². The lowest BCUT2D eigenvalue weighted by atomic mass is 10.2. The zero-order chi connectivity index (χ0) is 6.15. The van der Waals surface area contributed by atoms with Crippen LogP contribution in [0.1, 0.15) is 13.3 Å². The first kappa shape index (κ1) is 5.79. The lowest BCUT2D eigenvalue weighted by Gasteiger charge is -2.00. The average molecular weight is 114 g/mol. The van der Waals surface area contributed by atoms with Crippen molar-refractivity contribution in [2.45, 2.75) is 25.7 Å². The van der Waals surface area contributed by atoms with Gasteiger partial charge in [0.2, 0.25) is 0 Å². The first-order valence-electron chi connectivity index (χ1n) is 2.71. The van der Waals surface area contributed by atoms with Crippen molar-refractivity contribution in [2.75, 3.05) is 0 Å². The Kier molecular flexibility index (Phi) is 1.36.